The van der Waals surface area contributed by atoms with Crippen molar-refractivity contribution in [2.45, 2.75) is 63.9 Å². The van der Waals surface area contributed by atoms with Crippen LogP contribution in [0.15, 0.2) is 23.1 Å². The lowest BCUT2D eigenvalue weighted by atomic mass is 10.1. The van der Waals surface area contributed by atoms with E-state index in [9.17, 15) is 13.2 Å². The standard InChI is InChI=1S/C21H34N2O5S/c1-16(2)11-14-28-17(3)21(24)22-19-15-18(9-10-20(19)27-4)29(25,26)23-12-7-5-6-8-13-23/h9-10,15-17H,5-8,11-14H2,1-4H3,(H,22,24). The van der Waals surface area contributed by atoms with Crippen molar-refractivity contribution in [2.24, 2.45) is 5.92 Å². The number of carbonyl (C=O) groups is 1. The van der Waals surface area contributed by atoms with Crippen LogP contribution >= 0.6 is 0 Å². The van der Waals surface area contributed by atoms with E-state index in [1.807, 2.05) is 0 Å². The second-order valence-electron chi connectivity index (χ2n) is 7.87. The minimum atomic E-state index is -3.62. The molecule has 0 aliphatic carbocycles. The molecule has 1 aromatic carbocycles. The number of nitrogens with zero attached hydrogens (tertiary/aromatic N) is 1. The summed E-state index contributed by atoms with van der Waals surface area (Å²) in [4.78, 5) is 12.7. The van der Waals surface area contributed by atoms with Crippen LogP contribution in [-0.2, 0) is 19.6 Å². The first-order chi connectivity index (χ1) is 13.8. The maximum absolute atomic E-state index is 13.1. The van der Waals surface area contributed by atoms with Gasteiger partial charge in [-0.1, -0.05) is 26.7 Å². The van der Waals surface area contributed by atoms with Crippen molar-refractivity contribution in [1.29, 1.82) is 0 Å². The number of carbonyl (C=O) groups excluding carboxylic acids is 1. The van der Waals surface area contributed by atoms with Crippen LogP contribution in [-0.4, -0.2) is 51.5 Å². The van der Waals surface area contributed by atoms with Gasteiger partial charge in [-0.25, -0.2) is 8.42 Å². The molecule has 0 spiro atoms. The maximum atomic E-state index is 13.1. The molecule has 7 nitrogen and oxygen atoms in total. The molecular formula is C21H34N2O5S. The number of rotatable bonds is 9. The fourth-order valence-electron chi connectivity index (χ4n) is 3.17. The van der Waals surface area contributed by atoms with Crippen LogP contribution in [0.4, 0.5) is 5.69 Å². The van der Waals surface area contributed by atoms with Crippen molar-refractivity contribution >= 4 is 21.6 Å². The summed E-state index contributed by atoms with van der Waals surface area (Å²) in [5, 5.41) is 2.76. The van der Waals surface area contributed by atoms with Crippen LogP contribution in [0.5, 0.6) is 5.75 Å². The molecule has 1 atom stereocenters. The van der Waals surface area contributed by atoms with Crippen molar-refractivity contribution in [1.82, 2.24) is 4.31 Å². The van der Waals surface area contributed by atoms with E-state index in [0.29, 0.717) is 37.1 Å². The van der Waals surface area contributed by atoms with Crippen LogP contribution in [0.3, 0.4) is 0 Å². The summed E-state index contributed by atoms with van der Waals surface area (Å²) in [6, 6.07) is 4.57. The molecule has 164 valence electrons. The molecule has 0 saturated carbocycles. The number of ether oxygens (including phenoxy) is 2. The summed E-state index contributed by atoms with van der Waals surface area (Å²) in [6.07, 6.45) is 4.04. The lowest BCUT2D eigenvalue weighted by Crippen LogP contribution is -2.32. The average molecular weight is 427 g/mol. The smallest absolute Gasteiger partial charge is 0.253 e. The second kappa shape index (κ2) is 10.9. The van der Waals surface area contributed by atoms with Crippen LogP contribution in [0.2, 0.25) is 0 Å². The van der Waals surface area contributed by atoms with Gasteiger partial charge in [-0.3, -0.25) is 4.79 Å². The van der Waals surface area contributed by atoms with E-state index in [0.717, 1.165) is 32.1 Å². The zero-order valence-electron chi connectivity index (χ0n) is 17.9. The highest BCUT2D eigenvalue weighted by Crippen LogP contribution is 2.30. The van der Waals surface area contributed by atoms with E-state index in [2.05, 4.69) is 19.2 Å². The van der Waals surface area contributed by atoms with Gasteiger partial charge in [0.05, 0.1) is 17.7 Å². The van der Waals surface area contributed by atoms with E-state index in [1.54, 1.807) is 13.0 Å². The van der Waals surface area contributed by atoms with Gasteiger partial charge >= 0.3 is 0 Å². The fourth-order valence-corrected chi connectivity index (χ4v) is 4.71. The van der Waals surface area contributed by atoms with Crippen LogP contribution in [0.25, 0.3) is 0 Å². The number of hydrogen-bond acceptors (Lipinski definition) is 5. The van der Waals surface area contributed by atoms with Crippen molar-refractivity contribution in [3.8, 4) is 5.75 Å². The highest BCUT2D eigenvalue weighted by atomic mass is 32.2. The number of hydrogen-bond donors (Lipinski definition) is 1. The van der Waals surface area contributed by atoms with E-state index in [1.165, 1.54) is 23.5 Å². The Labute approximate surface area is 174 Å². The Morgan fingerprint density at radius 3 is 2.38 bits per heavy atom. The highest BCUT2D eigenvalue weighted by Gasteiger charge is 2.26. The molecule has 29 heavy (non-hydrogen) atoms. The topological polar surface area (TPSA) is 84.9 Å². The molecule has 0 radical (unpaired) electrons. The van der Waals surface area contributed by atoms with Gasteiger partial charge < -0.3 is 14.8 Å². The zero-order valence-corrected chi connectivity index (χ0v) is 18.8. The Hall–Kier alpha value is -1.64. The number of benzene rings is 1. The van der Waals surface area contributed by atoms with Crippen LogP contribution in [0, 0.1) is 5.92 Å². The van der Waals surface area contributed by atoms with Gasteiger partial charge in [-0.2, -0.15) is 4.31 Å². The highest BCUT2D eigenvalue weighted by molar-refractivity contribution is 7.89. The lowest BCUT2D eigenvalue weighted by Gasteiger charge is -2.21. The first kappa shape index (κ1) is 23.6. The first-order valence-corrected chi connectivity index (χ1v) is 11.8. The molecule has 0 bridgehead atoms. The van der Waals surface area contributed by atoms with E-state index >= 15 is 0 Å². The Morgan fingerprint density at radius 2 is 1.79 bits per heavy atom. The van der Waals surface area contributed by atoms with E-state index in [4.69, 9.17) is 9.47 Å². The Balaban J connectivity index is 2.16. The Bertz CT molecular complexity index is 771. The molecule has 8 heteroatoms. The summed E-state index contributed by atoms with van der Waals surface area (Å²) in [5.74, 6) is 0.560. The predicted molar refractivity (Wildman–Crippen MR) is 114 cm³/mol. The third-order valence-electron chi connectivity index (χ3n) is 5.06. The molecule has 1 N–H and O–H groups in total. The average Bonchev–Trinajstić information content (AvgIpc) is 2.97. The SMILES string of the molecule is COc1ccc(S(=O)(=O)N2CCCCCC2)cc1NC(=O)C(C)OCCC(C)C. The zero-order chi connectivity index (χ0) is 21.4. The van der Waals surface area contributed by atoms with Crippen molar-refractivity contribution in [2.75, 3.05) is 32.1 Å². The molecule has 0 aromatic heterocycles. The van der Waals surface area contributed by atoms with Gasteiger partial charge in [0.1, 0.15) is 11.9 Å². The molecule has 1 aliphatic rings. The molecular weight excluding hydrogens is 392 g/mol. The van der Waals surface area contributed by atoms with Crippen LogP contribution < -0.4 is 10.1 Å². The normalized spacial score (nSPS) is 17.0. The van der Waals surface area contributed by atoms with Gasteiger partial charge in [0.2, 0.25) is 10.0 Å². The van der Waals surface area contributed by atoms with Crippen molar-refractivity contribution in [3.63, 3.8) is 0 Å². The third kappa shape index (κ3) is 6.69. The van der Waals surface area contributed by atoms with Crippen molar-refractivity contribution in [3.05, 3.63) is 18.2 Å². The summed E-state index contributed by atoms with van der Waals surface area (Å²) < 4.78 is 38.6. The minimum absolute atomic E-state index is 0.156. The lowest BCUT2D eigenvalue weighted by molar-refractivity contribution is -0.126. The van der Waals surface area contributed by atoms with Crippen molar-refractivity contribution < 1.29 is 22.7 Å². The van der Waals surface area contributed by atoms with Crippen LogP contribution in [0.1, 0.15) is 52.9 Å². The molecule has 1 fully saturated rings. The van der Waals surface area contributed by atoms with E-state index < -0.39 is 16.1 Å². The van der Waals surface area contributed by atoms with Gasteiger partial charge in [0.25, 0.3) is 5.91 Å². The summed E-state index contributed by atoms with van der Waals surface area (Å²) >= 11 is 0. The summed E-state index contributed by atoms with van der Waals surface area (Å²) in [6.45, 7) is 7.41. The fraction of sp³-hybridized carbons (Fsp3) is 0.667. The monoisotopic (exact) mass is 426 g/mol. The quantitative estimate of drug-likeness (QED) is 0.651. The molecule has 1 aromatic rings. The van der Waals surface area contributed by atoms with Gasteiger partial charge in [-0.05, 0) is 50.3 Å². The predicted octanol–water partition coefficient (Wildman–Crippen LogP) is 3.65. The summed E-state index contributed by atoms with van der Waals surface area (Å²) in [7, 11) is -2.13. The van der Waals surface area contributed by atoms with Gasteiger partial charge in [-0.15, -0.1) is 0 Å². The second-order valence-corrected chi connectivity index (χ2v) is 9.80. The first-order valence-electron chi connectivity index (χ1n) is 10.4. The minimum Gasteiger partial charge on any atom is -0.495 e. The Morgan fingerprint density at radius 1 is 1.14 bits per heavy atom. The largest absolute Gasteiger partial charge is 0.495 e. The third-order valence-corrected chi connectivity index (χ3v) is 6.96. The van der Waals surface area contributed by atoms with Gasteiger partial charge in [0, 0.05) is 19.7 Å². The molecule has 1 amide bonds. The number of amides is 1. The molecule has 1 unspecified atom stereocenters. The molecule has 1 saturated heterocycles. The number of sulfonamides is 1. The Kier molecular flexibility index (Phi) is 8.92. The number of anilines is 1. The maximum Gasteiger partial charge on any atom is 0.253 e. The number of methoxy groups -OCH3 is 1. The van der Waals surface area contributed by atoms with Gasteiger partial charge in [0.15, 0.2) is 0 Å². The van der Waals surface area contributed by atoms with E-state index in [-0.39, 0.29) is 10.8 Å². The number of nitrogens with one attached hydrogen (secondary N) is 1. The molecule has 2 rings (SSSR count). The molecule has 1 heterocycles. The molecule has 1 aliphatic heterocycles. The summed E-state index contributed by atoms with van der Waals surface area (Å²) in [5.41, 5.74) is 0.327.